The Hall–Kier alpha value is -2.86. The molecule has 0 spiro atoms. The van der Waals surface area contributed by atoms with Gasteiger partial charge in [-0.1, -0.05) is 30.3 Å². The Morgan fingerprint density at radius 2 is 1.67 bits per heavy atom. The zero-order valence-electron chi connectivity index (χ0n) is 13.7. The van der Waals surface area contributed by atoms with Gasteiger partial charge in [-0.15, -0.1) is 0 Å². The van der Waals surface area contributed by atoms with E-state index in [0.29, 0.717) is 18.9 Å². The second kappa shape index (κ2) is 8.69. The Balaban J connectivity index is 1.90. The van der Waals surface area contributed by atoms with Gasteiger partial charge in [0.05, 0.1) is 6.04 Å². The maximum atomic E-state index is 12.1. The summed E-state index contributed by atoms with van der Waals surface area (Å²) in [5.74, 6) is 0.173. The lowest BCUT2D eigenvalue weighted by atomic mass is 10.1. The largest absolute Gasteiger partial charge is 0.370 e. The SMILES string of the molecule is CCN=C(N)Nc1ccc(CC(N)C(=O)Nc2ccccc2)cc1. The maximum Gasteiger partial charge on any atom is 0.241 e. The number of nitrogens with two attached hydrogens (primary N) is 2. The van der Waals surface area contributed by atoms with Crippen molar-refractivity contribution in [1.29, 1.82) is 0 Å². The molecule has 0 radical (unpaired) electrons. The van der Waals surface area contributed by atoms with Crippen molar-refractivity contribution in [2.45, 2.75) is 19.4 Å². The first-order chi connectivity index (χ1) is 11.6. The van der Waals surface area contributed by atoms with Gasteiger partial charge in [0.25, 0.3) is 0 Å². The first-order valence-corrected chi connectivity index (χ1v) is 7.86. The van der Waals surface area contributed by atoms with Gasteiger partial charge in [0.15, 0.2) is 5.96 Å². The topological polar surface area (TPSA) is 106 Å². The van der Waals surface area contributed by atoms with Crippen LogP contribution >= 0.6 is 0 Å². The quantitative estimate of drug-likeness (QED) is 0.481. The second-order valence-electron chi connectivity index (χ2n) is 5.35. The molecule has 2 aromatic rings. The monoisotopic (exact) mass is 325 g/mol. The fraction of sp³-hybridized carbons (Fsp3) is 0.222. The van der Waals surface area contributed by atoms with Crippen molar-refractivity contribution in [2.24, 2.45) is 16.5 Å². The fourth-order valence-electron chi connectivity index (χ4n) is 2.18. The van der Waals surface area contributed by atoms with E-state index in [1.54, 1.807) is 0 Å². The number of aliphatic imine (C=N–C) groups is 1. The molecule has 0 saturated carbocycles. The molecule has 6 N–H and O–H groups in total. The Bertz CT molecular complexity index is 682. The third-order valence-corrected chi connectivity index (χ3v) is 3.39. The molecular formula is C18H23N5O. The number of guanidine groups is 1. The minimum Gasteiger partial charge on any atom is -0.370 e. The number of nitrogens with zero attached hydrogens (tertiary/aromatic N) is 1. The smallest absolute Gasteiger partial charge is 0.241 e. The van der Waals surface area contributed by atoms with Crippen LogP contribution < -0.4 is 22.1 Å². The molecule has 0 aliphatic carbocycles. The summed E-state index contributed by atoms with van der Waals surface area (Å²) in [5, 5.41) is 5.80. The average Bonchev–Trinajstić information content (AvgIpc) is 2.57. The molecule has 24 heavy (non-hydrogen) atoms. The first-order valence-electron chi connectivity index (χ1n) is 7.86. The number of rotatable bonds is 6. The third kappa shape index (κ3) is 5.40. The summed E-state index contributed by atoms with van der Waals surface area (Å²) in [6.45, 7) is 2.54. The molecule has 6 heteroatoms. The fourth-order valence-corrected chi connectivity index (χ4v) is 2.18. The lowest BCUT2D eigenvalue weighted by Crippen LogP contribution is -2.37. The van der Waals surface area contributed by atoms with Gasteiger partial charge in [0.1, 0.15) is 0 Å². The Kier molecular flexibility index (Phi) is 6.33. The highest BCUT2D eigenvalue weighted by Crippen LogP contribution is 2.12. The van der Waals surface area contributed by atoms with Gasteiger partial charge in [0, 0.05) is 17.9 Å². The molecule has 0 saturated heterocycles. The minimum absolute atomic E-state index is 0.206. The van der Waals surface area contributed by atoms with Crippen LogP contribution in [0.15, 0.2) is 59.6 Å². The summed E-state index contributed by atoms with van der Waals surface area (Å²) >= 11 is 0. The summed E-state index contributed by atoms with van der Waals surface area (Å²) in [5.41, 5.74) is 14.3. The van der Waals surface area contributed by atoms with Gasteiger partial charge in [-0.05, 0) is 43.2 Å². The van der Waals surface area contributed by atoms with Crippen LogP contribution in [0, 0.1) is 0 Å². The van der Waals surface area contributed by atoms with E-state index < -0.39 is 6.04 Å². The molecule has 1 unspecified atom stereocenters. The summed E-state index contributed by atoms with van der Waals surface area (Å²) in [7, 11) is 0. The number of carbonyl (C=O) groups is 1. The number of nitrogens with one attached hydrogen (secondary N) is 2. The number of anilines is 2. The van der Waals surface area contributed by atoms with Crippen molar-refractivity contribution in [3.8, 4) is 0 Å². The molecule has 0 heterocycles. The number of para-hydroxylation sites is 1. The molecule has 2 aromatic carbocycles. The highest BCUT2D eigenvalue weighted by atomic mass is 16.2. The van der Waals surface area contributed by atoms with Gasteiger partial charge in [-0.3, -0.25) is 9.79 Å². The van der Waals surface area contributed by atoms with Crippen LogP contribution in [-0.4, -0.2) is 24.5 Å². The molecule has 0 aromatic heterocycles. The lowest BCUT2D eigenvalue weighted by molar-refractivity contribution is -0.117. The van der Waals surface area contributed by atoms with E-state index in [1.807, 2.05) is 61.5 Å². The molecule has 126 valence electrons. The number of carbonyl (C=O) groups excluding carboxylic acids is 1. The Morgan fingerprint density at radius 1 is 1.04 bits per heavy atom. The predicted molar refractivity (Wildman–Crippen MR) is 99.0 cm³/mol. The summed E-state index contributed by atoms with van der Waals surface area (Å²) < 4.78 is 0. The minimum atomic E-state index is -0.615. The maximum absolute atomic E-state index is 12.1. The molecule has 6 nitrogen and oxygen atoms in total. The van der Waals surface area contributed by atoms with Gasteiger partial charge in [-0.2, -0.15) is 0 Å². The standard InChI is InChI=1S/C18H23N5O/c1-2-21-18(20)23-15-10-8-13(9-11-15)12-16(19)17(24)22-14-6-4-3-5-7-14/h3-11,16H,2,12,19H2,1H3,(H,22,24)(H3,20,21,23). The van der Waals surface area contributed by atoms with Gasteiger partial charge in [0.2, 0.25) is 5.91 Å². The number of hydrogen-bond donors (Lipinski definition) is 4. The molecule has 2 rings (SSSR count). The zero-order valence-corrected chi connectivity index (χ0v) is 13.7. The summed E-state index contributed by atoms with van der Waals surface area (Å²) in [4.78, 5) is 16.2. The van der Waals surface area contributed by atoms with Crippen LogP contribution in [-0.2, 0) is 11.2 Å². The van der Waals surface area contributed by atoms with Crippen molar-refractivity contribution < 1.29 is 4.79 Å². The van der Waals surface area contributed by atoms with Crippen molar-refractivity contribution in [3.05, 3.63) is 60.2 Å². The van der Waals surface area contributed by atoms with Crippen molar-refractivity contribution in [3.63, 3.8) is 0 Å². The van der Waals surface area contributed by atoms with Crippen LogP contribution in [0.4, 0.5) is 11.4 Å². The Morgan fingerprint density at radius 3 is 2.29 bits per heavy atom. The Labute approximate surface area is 142 Å². The van der Waals surface area contributed by atoms with E-state index in [2.05, 4.69) is 15.6 Å². The van der Waals surface area contributed by atoms with Crippen LogP contribution in [0.25, 0.3) is 0 Å². The van der Waals surface area contributed by atoms with Crippen LogP contribution in [0.5, 0.6) is 0 Å². The molecule has 0 fully saturated rings. The number of hydrogen-bond acceptors (Lipinski definition) is 3. The molecule has 1 atom stereocenters. The molecule has 0 aliphatic rings. The summed E-state index contributed by atoms with van der Waals surface area (Å²) in [6.07, 6.45) is 0.456. The highest BCUT2D eigenvalue weighted by molar-refractivity contribution is 5.95. The first kappa shape index (κ1) is 17.5. The van der Waals surface area contributed by atoms with Crippen molar-refractivity contribution in [1.82, 2.24) is 0 Å². The number of amides is 1. The van der Waals surface area contributed by atoms with E-state index >= 15 is 0 Å². The van der Waals surface area contributed by atoms with E-state index in [1.165, 1.54) is 0 Å². The molecular weight excluding hydrogens is 302 g/mol. The third-order valence-electron chi connectivity index (χ3n) is 3.39. The van der Waals surface area contributed by atoms with Crippen LogP contribution in [0.3, 0.4) is 0 Å². The predicted octanol–water partition coefficient (Wildman–Crippen LogP) is 1.94. The molecule has 1 amide bonds. The van der Waals surface area contributed by atoms with Crippen LogP contribution in [0.1, 0.15) is 12.5 Å². The normalized spacial score (nSPS) is 12.5. The average molecular weight is 325 g/mol. The van der Waals surface area contributed by atoms with Crippen LogP contribution in [0.2, 0.25) is 0 Å². The second-order valence-corrected chi connectivity index (χ2v) is 5.35. The van der Waals surface area contributed by atoms with E-state index in [0.717, 1.165) is 16.9 Å². The highest BCUT2D eigenvalue weighted by Gasteiger charge is 2.14. The zero-order chi connectivity index (χ0) is 17.4. The van der Waals surface area contributed by atoms with Gasteiger partial charge >= 0.3 is 0 Å². The van der Waals surface area contributed by atoms with E-state index in [-0.39, 0.29) is 5.91 Å². The van der Waals surface area contributed by atoms with E-state index in [4.69, 9.17) is 11.5 Å². The van der Waals surface area contributed by atoms with Gasteiger partial charge in [-0.25, -0.2) is 0 Å². The van der Waals surface area contributed by atoms with Crippen molar-refractivity contribution in [2.75, 3.05) is 17.2 Å². The number of benzene rings is 2. The van der Waals surface area contributed by atoms with Gasteiger partial charge < -0.3 is 22.1 Å². The molecule has 0 aliphatic heterocycles. The van der Waals surface area contributed by atoms with E-state index in [9.17, 15) is 4.79 Å². The van der Waals surface area contributed by atoms with Crippen molar-refractivity contribution >= 4 is 23.2 Å². The molecule has 0 bridgehead atoms. The summed E-state index contributed by atoms with van der Waals surface area (Å²) in [6, 6.07) is 16.2. The lowest BCUT2D eigenvalue weighted by Gasteiger charge is -2.13.